The average molecular weight is 461 g/mol. The number of rotatable bonds is 7. The lowest BCUT2D eigenvalue weighted by atomic mass is 10.1. The van der Waals surface area contributed by atoms with Gasteiger partial charge in [-0.25, -0.2) is 8.42 Å². The fourth-order valence-electron chi connectivity index (χ4n) is 2.96. The summed E-state index contributed by atoms with van der Waals surface area (Å²) < 4.78 is 31.5. The second-order valence-corrected chi connectivity index (χ2v) is 9.39. The molecule has 0 saturated carbocycles. The zero-order valence-corrected chi connectivity index (χ0v) is 18.2. The summed E-state index contributed by atoms with van der Waals surface area (Å²) in [6.45, 7) is 1.75. The average Bonchev–Trinajstić information content (AvgIpc) is 3.27. The fourth-order valence-corrected chi connectivity index (χ4v) is 4.67. The third-order valence-corrected chi connectivity index (χ3v) is 7.06. The van der Waals surface area contributed by atoms with Crippen LogP contribution < -0.4 is 10.6 Å². The number of carbonyl (C=O) groups is 2. The van der Waals surface area contributed by atoms with E-state index in [4.69, 9.17) is 16.0 Å². The molecule has 0 unspecified atom stereocenters. The summed E-state index contributed by atoms with van der Waals surface area (Å²) in [7, 11) is -3.92. The van der Waals surface area contributed by atoms with Crippen LogP contribution in [0.1, 0.15) is 22.1 Å². The van der Waals surface area contributed by atoms with Crippen LogP contribution in [0.5, 0.6) is 0 Å². The van der Waals surface area contributed by atoms with Crippen molar-refractivity contribution in [1.29, 1.82) is 0 Å². The molecule has 1 heterocycles. The van der Waals surface area contributed by atoms with E-state index >= 15 is 0 Å². The highest BCUT2D eigenvalue weighted by Crippen LogP contribution is 2.29. The number of halogens is 1. The molecule has 31 heavy (non-hydrogen) atoms. The van der Waals surface area contributed by atoms with Crippen LogP contribution in [0.3, 0.4) is 0 Å². The van der Waals surface area contributed by atoms with E-state index in [1.165, 1.54) is 36.6 Å². The van der Waals surface area contributed by atoms with Crippen LogP contribution >= 0.6 is 11.6 Å². The van der Waals surface area contributed by atoms with Gasteiger partial charge in [0, 0.05) is 18.1 Å². The Balaban J connectivity index is 1.69. The third-order valence-electron chi connectivity index (χ3n) is 4.73. The molecule has 2 N–H and O–H groups in total. The first-order valence-electron chi connectivity index (χ1n) is 9.42. The molecule has 0 bridgehead atoms. The van der Waals surface area contributed by atoms with Crippen molar-refractivity contribution in [2.75, 3.05) is 6.54 Å². The SMILES string of the molecule is Cc1ccccc1CNC(=O)C(=O)NC[C@H](c1ccco1)S(=O)(=O)c1ccc(Cl)cc1. The molecule has 1 aromatic heterocycles. The van der Waals surface area contributed by atoms with E-state index in [-0.39, 0.29) is 23.7 Å². The van der Waals surface area contributed by atoms with Crippen molar-refractivity contribution >= 4 is 33.3 Å². The highest BCUT2D eigenvalue weighted by Gasteiger charge is 2.32. The number of benzene rings is 2. The number of nitrogens with one attached hydrogen (secondary N) is 2. The Morgan fingerprint density at radius 1 is 0.968 bits per heavy atom. The third kappa shape index (κ3) is 5.53. The van der Waals surface area contributed by atoms with E-state index in [1.54, 1.807) is 6.07 Å². The van der Waals surface area contributed by atoms with Gasteiger partial charge >= 0.3 is 11.8 Å². The molecular formula is C22H21ClN2O5S. The highest BCUT2D eigenvalue weighted by atomic mass is 35.5. The fraction of sp³-hybridized carbons (Fsp3) is 0.182. The van der Waals surface area contributed by atoms with E-state index in [1.807, 2.05) is 31.2 Å². The summed E-state index contributed by atoms with van der Waals surface area (Å²) in [5.41, 5.74) is 1.86. The quantitative estimate of drug-likeness (QED) is 0.527. The smallest absolute Gasteiger partial charge is 0.309 e. The molecule has 3 rings (SSSR count). The highest BCUT2D eigenvalue weighted by molar-refractivity contribution is 7.91. The number of hydrogen-bond acceptors (Lipinski definition) is 5. The lowest BCUT2D eigenvalue weighted by Crippen LogP contribution is -2.42. The number of hydrogen-bond donors (Lipinski definition) is 2. The minimum absolute atomic E-state index is 0.0246. The minimum atomic E-state index is -3.92. The number of sulfone groups is 1. The Kier molecular flexibility index (Phi) is 7.14. The molecule has 2 amide bonds. The number of furan rings is 1. The topological polar surface area (TPSA) is 105 Å². The van der Waals surface area contributed by atoms with Gasteiger partial charge in [0.05, 0.1) is 11.2 Å². The lowest BCUT2D eigenvalue weighted by Gasteiger charge is -2.17. The predicted octanol–water partition coefficient (Wildman–Crippen LogP) is 3.19. The Bertz CT molecular complexity index is 1160. The van der Waals surface area contributed by atoms with E-state index in [2.05, 4.69) is 10.6 Å². The van der Waals surface area contributed by atoms with Crippen molar-refractivity contribution in [2.24, 2.45) is 0 Å². The van der Waals surface area contributed by atoms with Crippen molar-refractivity contribution in [3.05, 3.63) is 88.8 Å². The normalized spacial score (nSPS) is 12.2. The molecule has 0 radical (unpaired) electrons. The van der Waals surface area contributed by atoms with Gasteiger partial charge in [0.1, 0.15) is 11.0 Å². The number of carbonyl (C=O) groups excluding carboxylic acids is 2. The van der Waals surface area contributed by atoms with Gasteiger partial charge in [0.15, 0.2) is 9.84 Å². The molecule has 1 atom stereocenters. The predicted molar refractivity (Wildman–Crippen MR) is 116 cm³/mol. The Hall–Kier alpha value is -3.10. The summed E-state index contributed by atoms with van der Waals surface area (Å²) >= 11 is 5.85. The second-order valence-electron chi connectivity index (χ2n) is 6.82. The molecule has 9 heteroatoms. The molecule has 2 aromatic carbocycles. The van der Waals surface area contributed by atoms with Crippen LogP contribution in [0.15, 0.2) is 76.2 Å². The Labute approximate surface area is 185 Å². The Morgan fingerprint density at radius 2 is 1.65 bits per heavy atom. The Morgan fingerprint density at radius 3 is 2.29 bits per heavy atom. The maximum absolute atomic E-state index is 13.1. The molecule has 7 nitrogen and oxygen atoms in total. The molecule has 3 aromatic rings. The molecule has 0 aliphatic heterocycles. The van der Waals surface area contributed by atoms with Crippen LogP contribution in [0.25, 0.3) is 0 Å². The van der Waals surface area contributed by atoms with E-state index < -0.39 is 26.9 Å². The summed E-state index contributed by atoms with van der Waals surface area (Å²) in [5.74, 6) is -1.64. The van der Waals surface area contributed by atoms with Crippen molar-refractivity contribution in [3.8, 4) is 0 Å². The standard InChI is InChI=1S/C22H21ClN2O5S/c1-15-5-2-3-6-16(15)13-24-21(26)22(27)25-14-20(19-7-4-12-30-19)31(28,29)18-10-8-17(23)9-11-18/h2-12,20H,13-14H2,1H3,(H,24,26)(H,25,27)/t20-/m1/s1. The van der Waals surface area contributed by atoms with E-state index in [9.17, 15) is 18.0 Å². The van der Waals surface area contributed by atoms with Crippen LogP contribution in [-0.4, -0.2) is 26.8 Å². The van der Waals surface area contributed by atoms with Gasteiger partial charge in [-0.1, -0.05) is 35.9 Å². The first-order chi connectivity index (χ1) is 14.8. The molecule has 0 aliphatic carbocycles. The summed E-state index contributed by atoms with van der Waals surface area (Å²) in [4.78, 5) is 24.5. The number of amides is 2. The van der Waals surface area contributed by atoms with Gasteiger partial charge in [-0.2, -0.15) is 0 Å². The van der Waals surface area contributed by atoms with Gasteiger partial charge in [-0.05, 0) is 54.4 Å². The van der Waals surface area contributed by atoms with E-state index in [0.717, 1.165) is 11.1 Å². The van der Waals surface area contributed by atoms with Crippen LogP contribution in [-0.2, 0) is 26.0 Å². The van der Waals surface area contributed by atoms with Crippen molar-refractivity contribution in [1.82, 2.24) is 10.6 Å². The molecule has 0 aliphatic rings. The largest absolute Gasteiger partial charge is 0.468 e. The van der Waals surface area contributed by atoms with Gasteiger partial charge < -0.3 is 15.1 Å². The first kappa shape index (κ1) is 22.6. The van der Waals surface area contributed by atoms with E-state index in [0.29, 0.717) is 5.02 Å². The summed E-state index contributed by atoms with van der Waals surface area (Å²) in [6, 6.07) is 16.2. The molecule has 0 fully saturated rings. The van der Waals surface area contributed by atoms with Gasteiger partial charge in [0.25, 0.3) is 0 Å². The van der Waals surface area contributed by atoms with Crippen molar-refractivity contribution < 1.29 is 22.4 Å². The zero-order chi connectivity index (χ0) is 22.4. The minimum Gasteiger partial charge on any atom is -0.468 e. The maximum atomic E-state index is 13.1. The van der Waals surface area contributed by atoms with Crippen LogP contribution in [0.4, 0.5) is 0 Å². The zero-order valence-electron chi connectivity index (χ0n) is 16.7. The monoisotopic (exact) mass is 460 g/mol. The van der Waals surface area contributed by atoms with Gasteiger partial charge in [0.2, 0.25) is 0 Å². The van der Waals surface area contributed by atoms with Gasteiger partial charge in [-0.15, -0.1) is 0 Å². The summed E-state index contributed by atoms with van der Waals surface area (Å²) in [5, 5.41) is 4.11. The van der Waals surface area contributed by atoms with Crippen LogP contribution in [0, 0.1) is 6.92 Å². The molecule has 162 valence electrons. The molecule has 0 spiro atoms. The molecular weight excluding hydrogens is 440 g/mol. The van der Waals surface area contributed by atoms with Gasteiger partial charge in [-0.3, -0.25) is 9.59 Å². The lowest BCUT2D eigenvalue weighted by molar-refractivity contribution is -0.139. The summed E-state index contributed by atoms with van der Waals surface area (Å²) in [6.07, 6.45) is 1.34. The molecule has 0 saturated heterocycles. The maximum Gasteiger partial charge on any atom is 0.309 e. The second kappa shape index (κ2) is 9.80. The van der Waals surface area contributed by atoms with Crippen molar-refractivity contribution in [2.45, 2.75) is 23.6 Å². The number of aryl methyl sites for hydroxylation is 1. The van der Waals surface area contributed by atoms with Crippen LogP contribution in [0.2, 0.25) is 5.02 Å². The van der Waals surface area contributed by atoms with Crippen molar-refractivity contribution in [3.63, 3.8) is 0 Å². The first-order valence-corrected chi connectivity index (χ1v) is 11.3.